The van der Waals surface area contributed by atoms with Crippen LogP contribution in [0.3, 0.4) is 0 Å². The molecule has 0 unspecified atom stereocenters. The molecular weight excluding hydrogens is 426 g/mol. The number of fused-ring (bicyclic) bond motifs is 1. The van der Waals surface area contributed by atoms with Gasteiger partial charge < -0.3 is 15.2 Å². The van der Waals surface area contributed by atoms with Crippen molar-refractivity contribution in [2.75, 3.05) is 0 Å². The molecule has 0 saturated heterocycles. The number of aryl methyl sites for hydroxylation is 2. The Balaban J connectivity index is 1.64. The zero-order valence-electron chi connectivity index (χ0n) is 19.3. The summed E-state index contributed by atoms with van der Waals surface area (Å²) in [6.07, 6.45) is 0. The number of nitrogens with zero attached hydrogens (tertiary/aromatic N) is 1. The fourth-order valence-corrected chi connectivity index (χ4v) is 4.45. The minimum absolute atomic E-state index is 0.0529. The van der Waals surface area contributed by atoms with Crippen LogP contribution in [0.4, 0.5) is 0 Å². The molecule has 0 spiro atoms. The molecule has 0 bridgehead atoms. The van der Waals surface area contributed by atoms with Crippen molar-refractivity contribution in [2.24, 2.45) is 0 Å². The molecule has 3 aromatic carbocycles. The quantitative estimate of drug-likeness (QED) is 0.362. The number of aromatic amines is 1. The molecular formula is C28H29N3OS. The molecule has 0 saturated carbocycles. The lowest BCUT2D eigenvalue weighted by molar-refractivity contribution is 0.392. The van der Waals surface area contributed by atoms with Crippen molar-refractivity contribution in [1.82, 2.24) is 15.2 Å². The molecule has 1 aromatic heterocycles. The second-order valence-electron chi connectivity index (χ2n) is 8.59. The van der Waals surface area contributed by atoms with Crippen LogP contribution in [0.5, 0.6) is 0 Å². The Morgan fingerprint density at radius 2 is 1.64 bits per heavy atom. The van der Waals surface area contributed by atoms with Crippen LogP contribution in [-0.2, 0) is 13.1 Å². The third-order valence-corrected chi connectivity index (χ3v) is 6.27. The Labute approximate surface area is 200 Å². The summed E-state index contributed by atoms with van der Waals surface area (Å²) in [4.78, 5) is 18.1. The summed E-state index contributed by atoms with van der Waals surface area (Å²) in [5, 5.41) is 5.14. The van der Waals surface area contributed by atoms with E-state index in [1.807, 2.05) is 55.5 Å². The van der Waals surface area contributed by atoms with Gasteiger partial charge in [-0.2, -0.15) is 0 Å². The van der Waals surface area contributed by atoms with Gasteiger partial charge in [0.2, 0.25) is 0 Å². The third kappa shape index (κ3) is 5.49. The van der Waals surface area contributed by atoms with Gasteiger partial charge in [-0.25, -0.2) is 0 Å². The maximum atomic E-state index is 13.0. The molecule has 0 radical (unpaired) electrons. The number of thiocarbonyl (C=S) groups is 1. The average molecular weight is 456 g/mol. The molecule has 4 nitrogen and oxygen atoms in total. The molecule has 0 aliphatic carbocycles. The first-order chi connectivity index (χ1) is 15.9. The van der Waals surface area contributed by atoms with Crippen LogP contribution in [0.25, 0.3) is 10.9 Å². The van der Waals surface area contributed by atoms with Crippen LogP contribution < -0.4 is 10.9 Å². The van der Waals surface area contributed by atoms with Gasteiger partial charge >= 0.3 is 0 Å². The Kier molecular flexibility index (Phi) is 6.90. The highest BCUT2D eigenvalue weighted by Crippen LogP contribution is 2.20. The smallest absolute Gasteiger partial charge is 0.253 e. The van der Waals surface area contributed by atoms with Gasteiger partial charge in [0, 0.05) is 23.0 Å². The summed E-state index contributed by atoms with van der Waals surface area (Å²) in [7, 11) is 0. The second kappa shape index (κ2) is 10.0. The fraction of sp³-hybridized carbons (Fsp3) is 0.214. The number of rotatable bonds is 6. The van der Waals surface area contributed by atoms with Gasteiger partial charge in [0.05, 0.1) is 12.6 Å². The van der Waals surface area contributed by atoms with Crippen molar-refractivity contribution in [2.45, 2.75) is 39.9 Å². The van der Waals surface area contributed by atoms with Crippen molar-refractivity contribution in [3.8, 4) is 0 Å². The number of aromatic nitrogens is 1. The van der Waals surface area contributed by atoms with Crippen molar-refractivity contribution in [3.05, 3.63) is 117 Å². The number of hydrogen-bond donors (Lipinski definition) is 2. The maximum absolute atomic E-state index is 13.0. The van der Waals surface area contributed by atoms with Crippen molar-refractivity contribution < 1.29 is 0 Å². The van der Waals surface area contributed by atoms with Gasteiger partial charge in [0.25, 0.3) is 5.56 Å². The molecule has 1 atom stereocenters. The van der Waals surface area contributed by atoms with E-state index in [9.17, 15) is 4.79 Å². The summed E-state index contributed by atoms with van der Waals surface area (Å²) in [6.45, 7) is 7.24. The summed E-state index contributed by atoms with van der Waals surface area (Å²) in [6, 6.07) is 26.6. The standard InChI is InChI=1S/C28H29N3OS/c1-19-14-20(2)25-16-24(27(32)30-26(25)15-19)18-31(17-22-10-6-4-7-11-22)28(33)29-21(3)23-12-8-5-9-13-23/h4-16,21H,17-18H2,1-3H3,(H,29,33)(H,30,32)/t21-/m1/s1. The molecule has 0 aliphatic heterocycles. The van der Waals surface area contributed by atoms with E-state index >= 15 is 0 Å². The summed E-state index contributed by atoms with van der Waals surface area (Å²) in [5.74, 6) is 0. The van der Waals surface area contributed by atoms with Crippen molar-refractivity contribution >= 4 is 28.2 Å². The average Bonchev–Trinajstić information content (AvgIpc) is 2.80. The Hall–Kier alpha value is -3.44. The molecule has 4 rings (SSSR count). The molecule has 2 N–H and O–H groups in total. The van der Waals surface area contributed by atoms with Crippen LogP contribution in [0.2, 0.25) is 0 Å². The highest BCUT2D eigenvalue weighted by Gasteiger charge is 2.17. The number of H-pyrrole nitrogens is 1. The molecule has 0 fully saturated rings. The van der Waals surface area contributed by atoms with Crippen LogP contribution in [-0.4, -0.2) is 15.0 Å². The predicted molar refractivity (Wildman–Crippen MR) is 140 cm³/mol. The van der Waals surface area contributed by atoms with Gasteiger partial charge in [-0.3, -0.25) is 4.79 Å². The highest BCUT2D eigenvalue weighted by atomic mass is 32.1. The monoisotopic (exact) mass is 455 g/mol. The predicted octanol–water partition coefficient (Wildman–Crippen LogP) is 5.78. The van der Waals surface area contributed by atoms with E-state index in [1.54, 1.807) is 0 Å². The van der Waals surface area contributed by atoms with Crippen molar-refractivity contribution in [1.29, 1.82) is 0 Å². The van der Waals surface area contributed by atoms with Gasteiger partial charge in [-0.05, 0) is 67.4 Å². The van der Waals surface area contributed by atoms with Crippen molar-refractivity contribution in [3.63, 3.8) is 0 Å². The Bertz CT molecular complexity index is 1320. The van der Waals surface area contributed by atoms with Crippen LogP contribution in [0.15, 0.2) is 83.7 Å². The fourth-order valence-electron chi connectivity index (χ4n) is 4.14. The Morgan fingerprint density at radius 3 is 2.33 bits per heavy atom. The molecule has 1 heterocycles. The lowest BCUT2D eigenvalue weighted by Gasteiger charge is -2.28. The van der Waals surface area contributed by atoms with E-state index in [2.05, 4.69) is 59.4 Å². The van der Waals surface area contributed by atoms with E-state index < -0.39 is 0 Å². The largest absolute Gasteiger partial charge is 0.356 e. The molecule has 5 heteroatoms. The van der Waals surface area contributed by atoms with Gasteiger partial charge in [-0.1, -0.05) is 66.7 Å². The topological polar surface area (TPSA) is 48.1 Å². The van der Waals surface area contributed by atoms with E-state index in [-0.39, 0.29) is 11.6 Å². The minimum atomic E-state index is -0.0792. The number of benzene rings is 3. The molecule has 0 aliphatic rings. The van der Waals surface area contributed by atoms with Gasteiger partial charge in [-0.15, -0.1) is 0 Å². The summed E-state index contributed by atoms with van der Waals surface area (Å²) < 4.78 is 0. The lowest BCUT2D eigenvalue weighted by Crippen LogP contribution is -2.41. The van der Waals surface area contributed by atoms with Crippen LogP contribution in [0, 0.1) is 13.8 Å². The third-order valence-electron chi connectivity index (χ3n) is 5.89. The van der Waals surface area contributed by atoms with E-state index in [1.165, 1.54) is 0 Å². The normalized spacial score (nSPS) is 11.8. The van der Waals surface area contributed by atoms with E-state index in [0.29, 0.717) is 23.8 Å². The van der Waals surface area contributed by atoms with Gasteiger partial charge in [0.15, 0.2) is 5.11 Å². The SMILES string of the molecule is Cc1cc(C)c2cc(CN(Cc3ccccc3)C(=S)N[C@H](C)c3ccccc3)c(=O)[nH]c2c1. The lowest BCUT2D eigenvalue weighted by atomic mass is 10.0. The van der Waals surface area contributed by atoms with E-state index in [4.69, 9.17) is 12.2 Å². The first-order valence-electron chi connectivity index (χ1n) is 11.2. The van der Waals surface area contributed by atoms with Crippen LogP contribution in [0.1, 0.15) is 40.8 Å². The number of nitrogens with one attached hydrogen (secondary N) is 2. The highest BCUT2D eigenvalue weighted by molar-refractivity contribution is 7.80. The zero-order chi connectivity index (χ0) is 23.4. The molecule has 33 heavy (non-hydrogen) atoms. The first kappa shape index (κ1) is 22.7. The summed E-state index contributed by atoms with van der Waals surface area (Å²) in [5.41, 5.74) is 6.07. The maximum Gasteiger partial charge on any atom is 0.253 e. The molecule has 168 valence electrons. The minimum Gasteiger partial charge on any atom is -0.356 e. The van der Waals surface area contributed by atoms with Gasteiger partial charge in [0.1, 0.15) is 0 Å². The van der Waals surface area contributed by atoms with E-state index in [0.717, 1.165) is 33.2 Å². The molecule has 0 amide bonds. The first-order valence-corrected chi connectivity index (χ1v) is 11.6. The number of pyridine rings is 1. The summed E-state index contributed by atoms with van der Waals surface area (Å²) >= 11 is 5.83. The zero-order valence-corrected chi connectivity index (χ0v) is 20.1. The number of hydrogen-bond acceptors (Lipinski definition) is 2. The second-order valence-corrected chi connectivity index (χ2v) is 8.98. The molecule has 4 aromatic rings. The Morgan fingerprint density at radius 1 is 0.970 bits per heavy atom. The van der Waals surface area contributed by atoms with Crippen LogP contribution >= 0.6 is 12.2 Å².